The van der Waals surface area contributed by atoms with Gasteiger partial charge in [0.1, 0.15) is 0 Å². The highest BCUT2D eigenvalue weighted by molar-refractivity contribution is 8.00. The average Bonchev–Trinajstić information content (AvgIpc) is 3.69. The molecule has 1 amide bonds. The second kappa shape index (κ2) is 5.90. The number of carbonyl (C=O) groups is 2. The molecule has 0 bridgehead atoms. The number of carboxylic acid groups (broad SMARTS) is 1. The van der Waals surface area contributed by atoms with Crippen LogP contribution in [0.3, 0.4) is 0 Å². The molecule has 6 nitrogen and oxygen atoms in total. The van der Waals surface area contributed by atoms with Crippen LogP contribution in [-0.2, 0) is 11.3 Å². The number of thioether (sulfide) groups is 1. The zero-order chi connectivity index (χ0) is 21.7. The van der Waals surface area contributed by atoms with Gasteiger partial charge in [0.2, 0.25) is 0 Å². The molecule has 1 aliphatic heterocycles. The Labute approximate surface area is 189 Å². The molecule has 2 aromatic carbocycles. The van der Waals surface area contributed by atoms with Crippen LogP contribution in [0.5, 0.6) is 0 Å². The fourth-order valence-electron chi connectivity index (χ4n) is 6.08. The van der Waals surface area contributed by atoms with Crippen LogP contribution in [0.1, 0.15) is 36.0 Å². The molecule has 32 heavy (non-hydrogen) atoms. The predicted octanol–water partition coefficient (Wildman–Crippen LogP) is 4.31. The standard InChI is InChI=1S/C25H23N3O3S/c29-21(27-25(9-10-25)24-13-23(24,14-24)22(30)31)16-5-3-4-15-8-11-28(20(15)16)12-19-26-17-6-1-2-7-18(17)32-19/h1-8,11,19,26H,9-10,12-14H2,(H,27,29)(H,30,31). The molecule has 4 aliphatic rings. The summed E-state index contributed by atoms with van der Waals surface area (Å²) in [6.45, 7) is 0.740. The van der Waals surface area contributed by atoms with Crippen molar-refractivity contribution in [2.75, 3.05) is 5.32 Å². The van der Waals surface area contributed by atoms with Gasteiger partial charge in [-0.25, -0.2) is 0 Å². The van der Waals surface area contributed by atoms with Gasteiger partial charge in [-0.15, -0.1) is 0 Å². The van der Waals surface area contributed by atoms with Crippen LogP contribution in [-0.4, -0.2) is 32.5 Å². The van der Waals surface area contributed by atoms with Crippen LogP contribution in [0.15, 0.2) is 59.6 Å². The Morgan fingerprint density at radius 2 is 1.94 bits per heavy atom. The van der Waals surface area contributed by atoms with E-state index in [-0.39, 0.29) is 22.2 Å². The molecule has 3 saturated carbocycles. The number of carboxylic acids is 1. The Hall–Kier alpha value is -2.93. The zero-order valence-electron chi connectivity index (χ0n) is 17.4. The third kappa shape index (κ3) is 2.32. The highest BCUT2D eigenvalue weighted by Crippen LogP contribution is 2.93. The van der Waals surface area contributed by atoms with Crippen molar-refractivity contribution < 1.29 is 14.7 Å². The van der Waals surface area contributed by atoms with E-state index in [4.69, 9.17) is 0 Å². The van der Waals surface area contributed by atoms with E-state index in [2.05, 4.69) is 45.7 Å². The van der Waals surface area contributed by atoms with Gasteiger partial charge in [0.15, 0.2) is 0 Å². The fourth-order valence-corrected chi connectivity index (χ4v) is 7.22. The molecule has 3 N–H and O–H groups in total. The van der Waals surface area contributed by atoms with E-state index in [9.17, 15) is 14.7 Å². The number of anilines is 1. The van der Waals surface area contributed by atoms with E-state index < -0.39 is 11.4 Å². The van der Waals surface area contributed by atoms with Crippen molar-refractivity contribution in [1.29, 1.82) is 0 Å². The number of fused-ring (bicyclic) bond motifs is 3. The highest BCUT2D eigenvalue weighted by Gasteiger charge is 2.95. The van der Waals surface area contributed by atoms with E-state index >= 15 is 0 Å². The molecule has 0 saturated heterocycles. The monoisotopic (exact) mass is 445 g/mol. The lowest BCUT2D eigenvalue weighted by Gasteiger charge is -2.21. The number of para-hydroxylation sites is 2. The smallest absolute Gasteiger partial charge is 0.310 e. The Morgan fingerprint density at radius 1 is 1.12 bits per heavy atom. The number of amides is 1. The van der Waals surface area contributed by atoms with Crippen molar-refractivity contribution in [3.8, 4) is 0 Å². The summed E-state index contributed by atoms with van der Waals surface area (Å²) in [4.78, 5) is 26.4. The molecule has 1 aromatic heterocycles. The second-order valence-electron chi connectivity index (χ2n) is 9.82. The molecule has 0 spiro atoms. The molecule has 3 aliphatic carbocycles. The third-order valence-electron chi connectivity index (χ3n) is 8.17. The minimum atomic E-state index is -0.698. The summed E-state index contributed by atoms with van der Waals surface area (Å²) < 4.78 is 2.16. The Morgan fingerprint density at radius 3 is 2.66 bits per heavy atom. The van der Waals surface area contributed by atoms with Gasteiger partial charge < -0.3 is 20.3 Å². The van der Waals surface area contributed by atoms with Crippen LogP contribution in [0.2, 0.25) is 0 Å². The van der Waals surface area contributed by atoms with Gasteiger partial charge in [-0.05, 0) is 49.9 Å². The van der Waals surface area contributed by atoms with Gasteiger partial charge in [0, 0.05) is 33.1 Å². The molecule has 3 aromatic rings. The van der Waals surface area contributed by atoms with Gasteiger partial charge >= 0.3 is 5.97 Å². The molecule has 7 rings (SSSR count). The van der Waals surface area contributed by atoms with Crippen molar-refractivity contribution in [1.82, 2.24) is 9.88 Å². The maximum atomic E-state index is 13.5. The van der Waals surface area contributed by atoms with Crippen molar-refractivity contribution in [2.45, 2.75) is 48.0 Å². The minimum absolute atomic E-state index is 0.0872. The SMILES string of the molecule is O=C(NC1(C23CC2(C(=O)O)C3)CC1)c1cccc2ccn(CC3Nc4ccccc4S3)c12. The van der Waals surface area contributed by atoms with Gasteiger partial charge in [-0.3, -0.25) is 9.59 Å². The Balaban J connectivity index is 1.16. The lowest BCUT2D eigenvalue weighted by atomic mass is 10.0. The molecule has 3 fully saturated rings. The normalized spacial score (nSPS) is 30.2. The molecular formula is C25H23N3O3S. The first-order valence-electron chi connectivity index (χ1n) is 11.1. The summed E-state index contributed by atoms with van der Waals surface area (Å²) in [6.07, 6.45) is 5.23. The lowest BCUT2D eigenvalue weighted by molar-refractivity contribution is -0.141. The summed E-state index contributed by atoms with van der Waals surface area (Å²) in [7, 11) is 0. The number of hydrogen-bond donors (Lipinski definition) is 3. The van der Waals surface area contributed by atoms with E-state index in [1.807, 2.05) is 36.0 Å². The maximum Gasteiger partial charge on any atom is 0.310 e. The maximum absolute atomic E-state index is 13.5. The number of benzene rings is 2. The second-order valence-corrected chi connectivity index (χ2v) is 11.1. The summed E-state index contributed by atoms with van der Waals surface area (Å²) in [6, 6.07) is 16.2. The van der Waals surface area contributed by atoms with Crippen molar-refractivity contribution in [3.63, 3.8) is 0 Å². The largest absolute Gasteiger partial charge is 0.481 e. The Bertz CT molecular complexity index is 1290. The van der Waals surface area contributed by atoms with Crippen LogP contribution in [0.25, 0.3) is 10.9 Å². The molecular weight excluding hydrogens is 422 g/mol. The number of hydrogen-bond acceptors (Lipinski definition) is 4. The van der Waals surface area contributed by atoms with Gasteiger partial charge in [-0.1, -0.05) is 36.0 Å². The van der Waals surface area contributed by atoms with Gasteiger partial charge in [0.05, 0.1) is 28.4 Å². The highest BCUT2D eigenvalue weighted by atomic mass is 32.2. The summed E-state index contributed by atoms with van der Waals surface area (Å²) in [5.41, 5.74) is 1.66. The average molecular weight is 446 g/mol. The molecule has 0 radical (unpaired) electrons. The van der Waals surface area contributed by atoms with E-state index in [1.165, 1.54) is 4.90 Å². The van der Waals surface area contributed by atoms with Crippen LogP contribution >= 0.6 is 11.8 Å². The first-order valence-corrected chi connectivity index (χ1v) is 12.0. The molecule has 7 heteroatoms. The number of aliphatic carboxylic acids is 1. The Kier molecular flexibility index (Phi) is 3.43. The molecule has 1 atom stereocenters. The van der Waals surface area contributed by atoms with Crippen LogP contribution in [0.4, 0.5) is 5.69 Å². The fraction of sp³-hybridized carbons (Fsp3) is 0.360. The lowest BCUT2D eigenvalue weighted by Crippen LogP contribution is -2.41. The molecule has 2 heterocycles. The topological polar surface area (TPSA) is 83.4 Å². The molecule has 1 unspecified atom stereocenters. The number of aromatic nitrogens is 1. The number of nitrogens with zero attached hydrogens (tertiary/aromatic N) is 1. The summed E-state index contributed by atoms with van der Waals surface area (Å²) >= 11 is 1.81. The quantitative estimate of drug-likeness (QED) is 0.527. The predicted molar refractivity (Wildman–Crippen MR) is 123 cm³/mol. The zero-order valence-corrected chi connectivity index (χ0v) is 18.2. The molecule has 162 valence electrons. The van der Waals surface area contributed by atoms with Crippen molar-refractivity contribution >= 4 is 40.2 Å². The summed E-state index contributed by atoms with van der Waals surface area (Å²) in [5, 5.41) is 17.7. The van der Waals surface area contributed by atoms with Crippen molar-refractivity contribution in [3.05, 3.63) is 60.3 Å². The van der Waals surface area contributed by atoms with Crippen LogP contribution < -0.4 is 10.6 Å². The van der Waals surface area contributed by atoms with E-state index in [1.54, 1.807) is 0 Å². The number of nitrogens with one attached hydrogen (secondary N) is 2. The third-order valence-corrected chi connectivity index (χ3v) is 9.33. The van der Waals surface area contributed by atoms with E-state index in [0.717, 1.165) is 36.0 Å². The first kappa shape index (κ1) is 18.6. The minimum Gasteiger partial charge on any atom is -0.481 e. The first-order chi connectivity index (χ1) is 15.5. The van der Waals surface area contributed by atoms with Gasteiger partial charge in [-0.2, -0.15) is 0 Å². The summed E-state index contributed by atoms with van der Waals surface area (Å²) in [5.74, 6) is -0.785. The number of rotatable bonds is 6. The number of carbonyl (C=O) groups excluding carboxylic acids is 1. The van der Waals surface area contributed by atoms with E-state index in [0.29, 0.717) is 18.4 Å². The van der Waals surface area contributed by atoms with Gasteiger partial charge in [0.25, 0.3) is 5.91 Å². The van der Waals surface area contributed by atoms with Crippen molar-refractivity contribution in [2.24, 2.45) is 10.8 Å². The van der Waals surface area contributed by atoms with Crippen LogP contribution in [0, 0.1) is 10.8 Å².